The number of anilines is 1. The second-order valence-corrected chi connectivity index (χ2v) is 6.60. The summed E-state index contributed by atoms with van der Waals surface area (Å²) in [7, 11) is 0. The van der Waals surface area contributed by atoms with E-state index in [0.29, 0.717) is 0 Å². The maximum Gasteiger partial charge on any atom is 0.227 e. The number of hydrogen-bond donors (Lipinski definition) is 1. The number of rotatable bonds is 3. The first kappa shape index (κ1) is 12.0. The normalized spacial score (nSPS) is 18.6. The van der Waals surface area contributed by atoms with E-state index < -0.39 is 0 Å². The van der Waals surface area contributed by atoms with Crippen molar-refractivity contribution in [2.75, 3.05) is 17.6 Å². The average molecular weight is 279 g/mol. The molecule has 1 aliphatic heterocycles. The van der Waals surface area contributed by atoms with Crippen molar-refractivity contribution in [3.8, 4) is 0 Å². The second-order valence-electron chi connectivity index (χ2n) is 4.25. The first-order valence-electron chi connectivity index (χ1n) is 5.93. The quantitative estimate of drug-likeness (QED) is 0.924. The van der Waals surface area contributed by atoms with Crippen LogP contribution in [-0.2, 0) is 4.79 Å². The summed E-state index contributed by atoms with van der Waals surface area (Å²) < 4.78 is 1.08. The molecule has 1 aromatic rings. The molecule has 2 aliphatic rings. The second kappa shape index (κ2) is 5.32. The van der Waals surface area contributed by atoms with Gasteiger partial charge < -0.3 is 5.32 Å². The standard InChI is InChI=1S/C12H13N3OS2/c16-11(8-1-2-8)15-9-3-4-10(14-7-9)18-12-13-5-6-17-12/h3-4,7-8H,1-2,5-6H2,(H,15,16). The van der Waals surface area contributed by atoms with Gasteiger partial charge in [-0.2, -0.15) is 0 Å². The molecule has 0 aromatic carbocycles. The van der Waals surface area contributed by atoms with Gasteiger partial charge in [-0.1, -0.05) is 11.8 Å². The van der Waals surface area contributed by atoms with Crippen LogP contribution in [0, 0.1) is 5.92 Å². The molecular weight excluding hydrogens is 266 g/mol. The van der Waals surface area contributed by atoms with Crippen LogP contribution in [0.15, 0.2) is 28.3 Å². The predicted molar refractivity (Wildman–Crippen MR) is 76.2 cm³/mol. The van der Waals surface area contributed by atoms with Crippen molar-refractivity contribution in [2.24, 2.45) is 10.9 Å². The Balaban J connectivity index is 1.59. The molecule has 3 rings (SSSR count). The number of pyridine rings is 1. The van der Waals surface area contributed by atoms with Crippen molar-refractivity contribution < 1.29 is 4.79 Å². The third-order valence-electron chi connectivity index (χ3n) is 2.70. The van der Waals surface area contributed by atoms with Crippen LogP contribution < -0.4 is 5.32 Å². The zero-order valence-electron chi connectivity index (χ0n) is 9.76. The zero-order valence-corrected chi connectivity index (χ0v) is 11.4. The summed E-state index contributed by atoms with van der Waals surface area (Å²) in [6, 6.07) is 3.82. The maximum absolute atomic E-state index is 11.6. The van der Waals surface area contributed by atoms with Crippen molar-refractivity contribution in [3.63, 3.8) is 0 Å². The number of aliphatic imine (C=N–C) groups is 1. The van der Waals surface area contributed by atoms with Gasteiger partial charge in [0.2, 0.25) is 5.91 Å². The lowest BCUT2D eigenvalue weighted by Crippen LogP contribution is -2.13. The zero-order chi connectivity index (χ0) is 12.4. The van der Waals surface area contributed by atoms with E-state index in [1.165, 1.54) is 0 Å². The molecule has 0 saturated heterocycles. The van der Waals surface area contributed by atoms with Crippen LogP contribution in [0.2, 0.25) is 0 Å². The SMILES string of the molecule is O=C(Nc1ccc(SC2=NCCS2)nc1)C1CC1. The van der Waals surface area contributed by atoms with E-state index in [4.69, 9.17) is 0 Å². The first-order valence-corrected chi connectivity index (χ1v) is 7.73. The van der Waals surface area contributed by atoms with Crippen LogP contribution in [0.1, 0.15) is 12.8 Å². The van der Waals surface area contributed by atoms with Gasteiger partial charge >= 0.3 is 0 Å². The number of hydrogen-bond acceptors (Lipinski definition) is 5. The highest BCUT2D eigenvalue weighted by Crippen LogP contribution is 2.31. The molecule has 1 saturated carbocycles. The molecule has 0 spiro atoms. The number of nitrogens with one attached hydrogen (secondary N) is 1. The monoisotopic (exact) mass is 279 g/mol. The number of thioether (sulfide) groups is 2. The van der Waals surface area contributed by atoms with Crippen LogP contribution in [0.5, 0.6) is 0 Å². The molecular formula is C12H13N3OS2. The molecule has 1 aliphatic carbocycles. The van der Waals surface area contributed by atoms with Crippen LogP contribution in [0.25, 0.3) is 0 Å². The van der Waals surface area contributed by atoms with Crippen molar-refractivity contribution in [1.29, 1.82) is 0 Å². The topological polar surface area (TPSA) is 54.4 Å². The lowest BCUT2D eigenvalue weighted by Gasteiger charge is -2.04. The average Bonchev–Trinajstić information content (AvgIpc) is 3.11. The maximum atomic E-state index is 11.6. The van der Waals surface area contributed by atoms with Crippen LogP contribution in [0.4, 0.5) is 5.69 Å². The number of aromatic nitrogens is 1. The highest BCUT2D eigenvalue weighted by Gasteiger charge is 2.29. The molecule has 4 nitrogen and oxygen atoms in total. The molecule has 94 valence electrons. The first-order chi connectivity index (χ1) is 8.81. The van der Waals surface area contributed by atoms with Gasteiger partial charge in [0.1, 0.15) is 9.40 Å². The minimum absolute atomic E-state index is 0.118. The summed E-state index contributed by atoms with van der Waals surface area (Å²) in [5.41, 5.74) is 0.775. The summed E-state index contributed by atoms with van der Waals surface area (Å²) in [6.45, 7) is 0.905. The van der Waals surface area contributed by atoms with Gasteiger partial charge in [-0.15, -0.1) is 0 Å². The molecule has 1 amide bonds. The molecule has 18 heavy (non-hydrogen) atoms. The van der Waals surface area contributed by atoms with Crippen molar-refractivity contribution in [1.82, 2.24) is 4.98 Å². The van der Waals surface area contributed by atoms with Crippen molar-refractivity contribution >= 4 is 39.5 Å². The fraction of sp³-hybridized carbons (Fsp3) is 0.417. The third-order valence-corrected chi connectivity index (χ3v) is 4.82. The Hall–Kier alpha value is -1.01. The van der Waals surface area contributed by atoms with E-state index in [-0.39, 0.29) is 11.8 Å². The fourth-order valence-electron chi connectivity index (χ4n) is 1.57. The van der Waals surface area contributed by atoms with Gasteiger partial charge in [0.15, 0.2) is 0 Å². The summed E-state index contributed by atoms with van der Waals surface area (Å²) in [4.78, 5) is 20.3. The summed E-state index contributed by atoms with van der Waals surface area (Å²) in [5.74, 6) is 1.41. The van der Waals surface area contributed by atoms with E-state index in [1.54, 1.807) is 29.7 Å². The lowest BCUT2D eigenvalue weighted by molar-refractivity contribution is -0.117. The summed E-state index contributed by atoms with van der Waals surface area (Å²) in [6.07, 6.45) is 3.75. The Labute approximate surface area is 114 Å². The van der Waals surface area contributed by atoms with E-state index >= 15 is 0 Å². The number of carbonyl (C=O) groups excluding carboxylic acids is 1. The molecule has 0 radical (unpaired) electrons. The Morgan fingerprint density at radius 2 is 2.33 bits per heavy atom. The minimum atomic E-state index is 0.118. The molecule has 1 aromatic heterocycles. The Morgan fingerprint density at radius 3 is 2.94 bits per heavy atom. The predicted octanol–water partition coefficient (Wildman–Crippen LogP) is 2.63. The molecule has 0 bridgehead atoms. The largest absolute Gasteiger partial charge is 0.324 e. The fourth-order valence-corrected chi connectivity index (χ4v) is 3.43. The van der Waals surface area contributed by atoms with Crippen LogP contribution >= 0.6 is 23.5 Å². The van der Waals surface area contributed by atoms with E-state index in [1.807, 2.05) is 12.1 Å². The van der Waals surface area contributed by atoms with Gasteiger partial charge in [0.25, 0.3) is 0 Å². The highest BCUT2D eigenvalue weighted by molar-refractivity contribution is 8.39. The molecule has 0 unspecified atom stereocenters. The minimum Gasteiger partial charge on any atom is -0.324 e. The lowest BCUT2D eigenvalue weighted by atomic mass is 10.3. The Morgan fingerprint density at radius 1 is 1.44 bits per heavy atom. The number of amides is 1. The van der Waals surface area contributed by atoms with Gasteiger partial charge in [0, 0.05) is 11.7 Å². The molecule has 1 N–H and O–H groups in total. The summed E-state index contributed by atoms with van der Waals surface area (Å²) in [5, 5.41) is 3.80. The Bertz CT molecular complexity index is 483. The van der Waals surface area contributed by atoms with Crippen molar-refractivity contribution in [3.05, 3.63) is 18.3 Å². The number of carbonyl (C=O) groups is 1. The smallest absolute Gasteiger partial charge is 0.227 e. The Kier molecular flexibility index (Phi) is 3.56. The third kappa shape index (κ3) is 3.05. The number of nitrogens with zero attached hydrogens (tertiary/aromatic N) is 2. The highest BCUT2D eigenvalue weighted by atomic mass is 32.2. The van der Waals surface area contributed by atoms with E-state index in [2.05, 4.69) is 15.3 Å². The van der Waals surface area contributed by atoms with Crippen LogP contribution in [-0.4, -0.2) is 27.6 Å². The van der Waals surface area contributed by atoms with Gasteiger partial charge in [-0.3, -0.25) is 9.79 Å². The van der Waals surface area contributed by atoms with Crippen LogP contribution in [0.3, 0.4) is 0 Å². The van der Waals surface area contributed by atoms with Gasteiger partial charge in [-0.25, -0.2) is 4.98 Å². The van der Waals surface area contributed by atoms with Gasteiger partial charge in [0.05, 0.1) is 18.4 Å². The molecule has 1 fully saturated rings. The molecule has 6 heteroatoms. The molecule has 2 heterocycles. The summed E-state index contributed by atoms with van der Waals surface area (Å²) >= 11 is 3.35. The molecule has 0 atom stereocenters. The van der Waals surface area contributed by atoms with Gasteiger partial charge in [-0.05, 0) is 36.7 Å². The van der Waals surface area contributed by atoms with Crippen molar-refractivity contribution in [2.45, 2.75) is 17.9 Å². The van der Waals surface area contributed by atoms with E-state index in [0.717, 1.165) is 40.2 Å². The van der Waals surface area contributed by atoms with E-state index in [9.17, 15) is 4.79 Å².